The van der Waals surface area contributed by atoms with Gasteiger partial charge in [-0.05, 0) is 56.2 Å². The smallest absolute Gasteiger partial charge is 0.261 e. The Kier molecular flexibility index (Phi) is 4.98. The molecule has 2 atom stereocenters. The van der Waals surface area contributed by atoms with Crippen LogP contribution in [-0.4, -0.2) is 46.7 Å². The highest BCUT2D eigenvalue weighted by Gasteiger charge is 2.37. The molecule has 2 unspecified atom stereocenters. The standard InChI is InChI=1S/C21H25FN2O3/c22-15-9-10-16-17(13-15)21(27)24(20(16)26)12-4-8-19(25)23-11-3-6-14-5-1-2-7-18(14)23/h9-10,13-14,18H,1-8,11-12H2. The first-order valence-corrected chi connectivity index (χ1v) is 10.0. The van der Waals surface area contributed by atoms with Crippen LogP contribution in [0.15, 0.2) is 18.2 Å². The van der Waals surface area contributed by atoms with E-state index in [9.17, 15) is 18.8 Å². The Morgan fingerprint density at radius 2 is 1.78 bits per heavy atom. The van der Waals surface area contributed by atoms with Crippen molar-refractivity contribution in [1.82, 2.24) is 9.80 Å². The molecule has 2 aliphatic heterocycles. The number of likely N-dealkylation sites (tertiary alicyclic amines) is 1. The maximum absolute atomic E-state index is 13.4. The van der Waals surface area contributed by atoms with Gasteiger partial charge in [0.2, 0.25) is 5.91 Å². The van der Waals surface area contributed by atoms with Gasteiger partial charge in [0.1, 0.15) is 5.82 Å². The minimum atomic E-state index is -0.529. The zero-order valence-corrected chi connectivity index (χ0v) is 15.5. The molecule has 1 saturated heterocycles. The van der Waals surface area contributed by atoms with Crippen molar-refractivity contribution in [3.8, 4) is 0 Å². The van der Waals surface area contributed by atoms with Crippen molar-refractivity contribution in [3.05, 3.63) is 35.1 Å². The van der Waals surface area contributed by atoms with Gasteiger partial charge in [0, 0.05) is 25.6 Å². The third kappa shape index (κ3) is 3.37. The number of amides is 3. The second-order valence-electron chi connectivity index (χ2n) is 7.90. The lowest BCUT2D eigenvalue weighted by Gasteiger charge is -2.44. The molecule has 1 aromatic carbocycles. The molecule has 1 aromatic rings. The monoisotopic (exact) mass is 372 g/mol. The first-order chi connectivity index (χ1) is 13.1. The molecule has 1 aliphatic carbocycles. The Balaban J connectivity index is 1.34. The number of nitrogens with zero attached hydrogens (tertiary/aromatic N) is 2. The van der Waals surface area contributed by atoms with E-state index < -0.39 is 17.6 Å². The number of carbonyl (C=O) groups is 3. The van der Waals surface area contributed by atoms with Crippen molar-refractivity contribution in [2.24, 2.45) is 5.92 Å². The summed E-state index contributed by atoms with van der Waals surface area (Å²) in [6.07, 6.45) is 7.85. The molecule has 4 rings (SSSR count). The number of hydrogen-bond donors (Lipinski definition) is 0. The largest absolute Gasteiger partial charge is 0.339 e. The summed E-state index contributed by atoms with van der Waals surface area (Å²) in [5, 5.41) is 0. The molecule has 0 spiro atoms. The predicted molar refractivity (Wildman–Crippen MR) is 97.7 cm³/mol. The van der Waals surface area contributed by atoms with Crippen molar-refractivity contribution in [3.63, 3.8) is 0 Å². The minimum Gasteiger partial charge on any atom is -0.339 e. The van der Waals surface area contributed by atoms with Gasteiger partial charge >= 0.3 is 0 Å². The minimum absolute atomic E-state index is 0.118. The average molecular weight is 372 g/mol. The molecular weight excluding hydrogens is 347 g/mol. The molecule has 0 N–H and O–H groups in total. The van der Waals surface area contributed by atoms with E-state index in [2.05, 4.69) is 0 Å². The maximum Gasteiger partial charge on any atom is 0.261 e. The highest BCUT2D eigenvalue weighted by Crippen LogP contribution is 2.35. The number of halogens is 1. The molecule has 2 fully saturated rings. The van der Waals surface area contributed by atoms with Gasteiger partial charge in [-0.15, -0.1) is 0 Å². The van der Waals surface area contributed by atoms with Crippen LogP contribution in [0.25, 0.3) is 0 Å². The van der Waals surface area contributed by atoms with E-state index >= 15 is 0 Å². The fraction of sp³-hybridized carbons (Fsp3) is 0.571. The molecule has 6 heteroatoms. The Hall–Kier alpha value is -2.24. The van der Waals surface area contributed by atoms with Gasteiger partial charge in [0.25, 0.3) is 11.8 Å². The summed E-state index contributed by atoms with van der Waals surface area (Å²) < 4.78 is 13.4. The lowest BCUT2D eigenvalue weighted by atomic mass is 9.78. The van der Waals surface area contributed by atoms with E-state index in [4.69, 9.17) is 0 Å². The fourth-order valence-corrected chi connectivity index (χ4v) is 4.93. The van der Waals surface area contributed by atoms with E-state index in [1.54, 1.807) is 0 Å². The number of imide groups is 1. The summed E-state index contributed by atoms with van der Waals surface area (Å²) in [6.45, 7) is 1.02. The first-order valence-electron chi connectivity index (χ1n) is 10.0. The predicted octanol–water partition coefficient (Wildman–Crippen LogP) is 3.38. The summed E-state index contributed by atoms with van der Waals surface area (Å²) in [7, 11) is 0. The molecule has 3 amide bonds. The lowest BCUT2D eigenvalue weighted by molar-refractivity contribution is -0.137. The molecule has 0 bridgehead atoms. The molecule has 0 radical (unpaired) electrons. The molecule has 1 saturated carbocycles. The Morgan fingerprint density at radius 3 is 2.63 bits per heavy atom. The quantitative estimate of drug-likeness (QED) is 0.762. The number of fused-ring (bicyclic) bond motifs is 2. The molecule has 144 valence electrons. The second-order valence-corrected chi connectivity index (χ2v) is 7.90. The fourth-order valence-electron chi connectivity index (χ4n) is 4.93. The van der Waals surface area contributed by atoms with Crippen molar-refractivity contribution < 1.29 is 18.8 Å². The Bertz CT molecular complexity index is 777. The van der Waals surface area contributed by atoms with Crippen LogP contribution in [-0.2, 0) is 4.79 Å². The van der Waals surface area contributed by atoms with E-state index in [1.165, 1.54) is 37.8 Å². The van der Waals surface area contributed by atoms with Crippen molar-refractivity contribution >= 4 is 17.7 Å². The number of benzene rings is 1. The van der Waals surface area contributed by atoms with Gasteiger partial charge in [0.15, 0.2) is 0 Å². The third-order valence-corrected chi connectivity index (χ3v) is 6.27. The normalized spacial score (nSPS) is 24.8. The number of hydrogen-bond acceptors (Lipinski definition) is 3. The first kappa shape index (κ1) is 18.1. The van der Waals surface area contributed by atoms with Crippen LogP contribution in [0.5, 0.6) is 0 Å². The van der Waals surface area contributed by atoms with E-state index in [0.717, 1.165) is 30.4 Å². The van der Waals surface area contributed by atoms with Crippen LogP contribution in [0.3, 0.4) is 0 Å². The summed E-state index contributed by atoms with van der Waals surface area (Å²) in [5.41, 5.74) is 0.362. The number of piperidine rings is 1. The van der Waals surface area contributed by atoms with Crippen LogP contribution >= 0.6 is 0 Å². The zero-order chi connectivity index (χ0) is 19.0. The van der Waals surface area contributed by atoms with Crippen LogP contribution in [0.4, 0.5) is 4.39 Å². The number of carbonyl (C=O) groups excluding carboxylic acids is 3. The maximum atomic E-state index is 13.4. The van der Waals surface area contributed by atoms with Gasteiger partial charge in [-0.3, -0.25) is 19.3 Å². The van der Waals surface area contributed by atoms with Gasteiger partial charge in [-0.1, -0.05) is 12.8 Å². The lowest BCUT2D eigenvalue weighted by Crippen LogP contribution is -2.49. The summed E-state index contributed by atoms with van der Waals surface area (Å²) in [5.74, 6) is -0.615. The highest BCUT2D eigenvalue weighted by molar-refractivity contribution is 6.21. The van der Waals surface area contributed by atoms with Crippen molar-refractivity contribution in [2.45, 2.75) is 57.4 Å². The van der Waals surface area contributed by atoms with E-state index in [0.29, 0.717) is 24.8 Å². The van der Waals surface area contributed by atoms with Gasteiger partial charge < -0.3 is 4.90 Å². The van der Waals surface area contributed by atoms with Crippen LogP contribution < -0.4 is 0 Å². The van der Waals surface area contributed by atoms with E-state index in [1.807, 2.05) is 4.90 Å². The third-order valence-electron chi connectivity index (χ3n) is 6.27. The van der Waals surface area contributed by atoms with Crippen molar-refractivity contribution in [2.75, 3.05) is 13.1 Å². The van der Waals surface area contributed by atoms with Crippen LogP contribution in [0.1, 0.15) is 72.1 Å². The Labute approximate surface area is 158 Å². The topological polar surface area (TPSA) is 57.7 Å². The molecule has 5 nitrogen and oxygen atoms in total. The molecule has 0 aromatic heterocycles. The Morgan fingerprint density at radius 1 is 1.04 bits per heavy atom. The van der Waals surface area contributed by atoms with Crippen LogP contribution in [0, 0.1) is 11.7 Å². The molecule has 27 heavy (non-hydrogen) atoms. The second kappa shape index (κ2) is 7.41. The summed E-state index contributed by atoms with van der Waals surface area (Å²) >= 11 is 0. The summed E-state index contributed by atoms with van der Waals surface area (Å²) in [4.78, 5) is 40.7. The van der Waals surface area contributed by atoms with Gasteiger partial charge in [-0.2, -0.15) is 0 Å². The van der Waals surface area contributed by atoms with Gasteiger partial charge in [-0.25, -0.2) is 4.39 Å². The molecular formula is C21H25FN2O3. The summed E-state index contributed by atoms with van der Waals surface area (Å²) in [6, 6.07) is 4.03. The van der Waals surface area contributed by atoms with Crippen molar-refractivity contribution in [1.29, 1.82) is 0 Å². The SMILES string of the molecule is O=C1c2ccc(F)cc2C(=O)N1CCCC(=O)N1CCCC2CCCCC21. The average Bonchev–Trinajstić information content (AvgIpc) is 2.91. The molecule has 2 heterocycles. The number of rotatable bonds is 4. The van der Waals surface area contributed by atoms with Crippen LogP contribution in [0.2, 0.25) is 0 Å². The zero-order valence-electron chi connectivity index (χ0n) is 15.5. The van der Waals surface area contributed by atoms with Gasteiger partial charge in [0.05, 0.1) is 11.1 Å². The highest BCUT2D eigenvalue weighted by atomic mass is 19.1. The van der Waals surface area contributed by atoms with E-state index in [-0.39, 0.29) is 23.6 Å². The molecule has 3 aliphatic rings.